The molecule has 178 valence electrons. The maximum Gasteiger partial charge on any atom is 0.254 e. The molecule has 1 aliphatic heterocycles. The number of hydrogen-bond acceptors (Lipinski definition) is 4. The van der Waals surface area contributed by atoms with Crippen molar-refractivity contribution in [3.05, 3.63) is 94.2 Å². The van der Waals surface area contributed by atoms with E-state index in [2.05, 4.69) is 10.3 Å². The summed E-state index contributed by atoms with van der Waals surface area (Å²) in [5.41, 5.74) is 2.57. The molecule has 7 heteroatoms. The minimum absolute atomic E-state index is 0.0154. The van der Waals surface area contributed by atoms with Crippen molar-refractivity contribution < 1.29 is 14.0 Å². The van der Waals surface area contributed by atoms with Crippen molar-refractivity contribution in [1.29, 1.82) is 0 Å². The van der Waals surface area contributed by atoms with Gasteiger partial charge in [0.25, 0.3) is 5.91 Å². The predicted molar refractivity (Wildman–Crippen MR) is 137 cm³/mol. The first kappa shape index (κ1) is 23.2. The second-order valence-corrected chi connectivity index (χ2v) is 10.00. The molecule has 0 aliphatic carbocycles. The van der Waals surface area contributed by atoms with Crippen LogP contribution in [0.1, 0.15) is 39.3 Å². The zero-order chi connectivity index (χ0) is 24.4. The number of aryl methyl sites for hydroxylation is 1. The maximum absolute atomic E-state index is 13.2. The second-order valence-electron chi connectivity index (χ2n) is 8.91. The van der Waals surface area contributed by atoms with Crippen molar-refractivity contribution in [3.8, 4) is 0 Å². The summed E-state index contributed by atoms with van der Waals surface area (Å²) in [4.78, 5) is 33.5. The Morgan fingerprint density at radius 3 is 2.51 bits per heavy atom. The lowest BCUT2D eigenvalue weighted by Crippen LogP contribution is -2.41. The molecule has 1 fully saturated rings. The van der Waals surface area contributed by atoms with Crippen LogP contribution in [0.5, 0.6) is 0 Å². The van der Waals surface area contributed by atoms with Gasteiger partial charge in [0.15, 0.2) is 5.13 Å². The molecule has 0 bridgehead atoms. The van der Waals surface area contributed by atoms with Gasteiger partial charge in [0.1, 0.15) is 5.82 Å². The van der Waals surface area contributed by atoms with Gasteiger partial charge in [-0.2, -0.15) is 0 Å². The van der Waals surface area contributed by atoms with Crippen molar-refractivity contribution in [1.82, 2.24) is 9.88 Å². The number of piperidine rings is 1. The summed E-state index contributed by atoms with van der Waals surface area (Å²) in [5, 5.41) is 5.56. The number of halogens is 1. The predicted octanol–water partition coefficient (Wildman–Crippen LogP) is 5.83. The largest absolute Gasteiger partial charge is 0.339 e. The van der Waals surface area contributed by atoms with E-state index < -0.39 is 0 Å². The number of fused-ring (bicyclic) bond motifs is 1. The summed E-state index contributed by atoms with van der Waals surface area (Å²) in [5.74, 6) is -0.449. The van der Waals surface area contributed by atoms with E-state index in [0.29, 0.717) is 43.0 Å². The molecule has 1 saturated heterocycles. The van der Waals surface area contributed by atoms with E-state index in [-0.39, 0.29) is 23.5 Å². The number of anilines is 1. The molecule has 0 spiro atoms. The molecule has 1 aromatic heterocycles. The summed E-state index contributed by atoms with van der Waals surface area (Å²) in [6, 6.07) is 20.1. The third-order valence-electron chi connectivity index (χ3n) is 6.57. The van der Waals surface area contributed by atoms with E-state index in [4.69, 9.17) is 0 Å². The lowest BCUT2D eigenvalue weighted by molar-refractivity contribution is -0.121. The molecule has 0 saturated carbocycles. The molecule has 1 aliphatic rings. The van der Waals surface area contributed by atoms with Crippen molar-refractivity contribution in [2.45, 2.75) is 26.2 Å². The normalized spacial score (nSPS) is 14.3. The number of nitrogens with one attached hydrogen (secondary N) is 1. The first-order chi connectivity index (χ1) is 17.0. The SMILES string of the molecule is Cc1nc(NC(=O)C2CCN(C(=O)c3cccc4ccccc34)CC2)sc1Cc1ccc(F)cc1. The number of carbonyl (C=O) groups excluding carboxylic acids is 2. The summed E-state index contributed by atoms with van der Waals surface area (Å²) < 4.78 is 13.2. The lowest BCUT2D eigenvalue weighted by atomic mass is 9.95. The minimum atomic E-state index is -0.257. The van der Waals surface area contributed by atoms with Gasteiger partial charge in [-0.25, -0.2) is 9.37 Å². The highest BCUT2D eigenvalue weighted by Gasteiger charge is 2.29. The van der Waals surface area contributed by atoms with Crippen molar-refractivity contribution in [3.63, 3.8) is 0 Å². The number of thiazole rings is 1. The third kappa shape index (κ3) is 5.10. The smallest absolute Gasteiger partial charge is 0.254 e. The second kappa shape index (κ2) is 9.96. The first-order valence-corrected chi connectivity index (χ1v) is 12.6. The molecular weight excluding hydrogens is 461 g/mol. The van der Waals surface area contributed by atoms with Gasteiger partial charge in [-0.15, -0.1) is 11.3 Å². The number of aromatic nitrogens is 1. The molecule has 3 aromatic carbocycles. The Morgan fingerprint density at radius 2 is 1.74 bits per heavy atom. The Balaban J connectivity index is 1.19. The van der Waals surface area contributed by atoms with Crippen LogP contribution in [-0.2, 0) is 11.2 Å². The minimum Gasteiger partial charge on any atom is -0.339 e. The number of rotatable bonds is 5. The van der Waals surface area contributed by atoms with Crippen LogP contribution in [0.2, 0.25) is 0 Å². The summed E-state index contributed by atoms with van der Waals surface area (Å²) >= 11 is 1.45. The van der Waals surface area contributed by atoms with Crippen LogP contribution in [-0.4, -0.2) is 34.8 Å². The van der Waals surface area contributed by atoms with Crippen LogP contribution < -0.4 is 5.32 Å². The van der Waals surface area contributed by atoms with E-state index >= 15 is 0 Å². The maximum atomic E-state index is 13.2. The standard InChI is InChI=1S/C28H26FN3O2S/c1-18-25(17-19-9-11-22(29)12-10-19)35-28(30-18)31-26(33)21-13-15-32(16-14-21)27(34)24-8-4-6-20-5-2-3-7-23(20)24/h2-12,21H,13-17H2,1H3,(H,30,31,33). The molecule has 1 N–H and O–H groups in total. The monoisotopic (exact) mass is 487 g/mol. The van der Waals surface area contributed by atoms with Crippen molar-refractivity contribution in [2.75, 3.05) is 18.4 Å². The molecule has 0 radical (unpaired) electrons. The van der Waals surface area contributed by atoms with E-state index in [0.717, 1.165) is 26.9 Å². The Labute approximate surface area is 207 Å². The van der Waals surface area contributed by atoms with E-state index in [9.17, 15) is 14.0 Å². The van der Waals surface area contributed by atoms with Crippen LogP contribution in [0.15, 0.2) is 66.7 Å². The van der Waals surface area contributed by atoms with Gasteiger partial charge < -0.3 is 10.2 Å². The lowest BCUT2D eigenvalue weighted by Gasteiger charge is -2.31. The van der Waals surface area contributed by atoms with Crippen LogP contribution in [0.25, 0.3) is 10.8 Å². The zero-order valence-corrected chi connectivity index (χ0v) is 20.3. The fourth-order valence-corrected chi connectivity index (χ4v) is 5.57. The van der Waals surface area contributed by atoms with E-state index in [1.54, 1.807) is 12.1 Å². The molecule has 4 aromatic rings. The van der Waals surface area contributed by atoms with Gasteiger partial charge in [0, 0.05) is 35.9 Å². The van der Waals surface area contributed by atoms with Crippen molar-refractivity contribution >= 4 is 39.1 Å². The summed E-state index contributed by atoms with van der Waals surface area (Å²) in [7, 11) is 0. The fraction of sp³-hybridized carbons (Fsp3) is 0.250. The Kier molecular flexibility index (Phi) is 6.59. The number of hydrogen-bond donors (Lipinski definition) is 1. The number of likely N-dealkylation sites (tertiary alicyclic amines) is 1. The van der Waals surface area contributed by atoms with E-state index in [1.165, 1.54) is 23.5 Å². The molecule has 2 heterocycles. The van der Waals surface area contributed by atoms with Crippen LogP contribution in [0, 0.1) is 18.7 Å². The highest BCUT2D eigenvalue weighted by Crippen LogP contribution is 2.28. The van der Waals surface area contributed by atoms with Gasteiger partial charge >= 0.3 is 0 Å². The average molecular weight is 488 g/mol. The zero-order valence-electron chi connectivity index (χ0n) is 19.5. The Bertz CT molecular complexity index is 1370. The summed E-state index contributed by atoms with van der Waals surface area (Å²) in [6.45, 7) is 3.02. The fourth-order valence-electron chi connectivity index (χ4n) is 4.57. The third-order valence-corrected chi connectivity index (χ3v) is 7.65. The molecule has 0 unspecified atom stereocenters. The first-order valence-electron chi connectivity index (χ1n) is 11.8. The summed E-state index contributed by atoms with van der Waals surface area (Å²) in [6.07, 6.45) is 1.89. The van der Waals surface area contributed by atoms with Gasteiger partial charge in [-0.1, -0.05) is 48.5 Å². The average Bonchev–Trinajstić information content (AvgIpc) is 3.22. The van der Waals surface area contributed by atoms with Crippen LogP contribution >= 0.6 is 11.3 Å². The van der Waals surface area contributed by atoms with E-state index in [1.807, 2.05) is 54.3 Å². The van der Waals surface area contributed by atoms with Crippen LogP contribution in [0.3, 0.4) is 0 Å². The number of carbonyl (C=O) groups is 2. The quantitative estimate of drug-likeness (QED) is 0.386. The van der Waals surface area contributed by atoms with Gasteiger partial charge in [-0.05, 0) is 54.3 Å². The number of nitrogens with zero attached hydrogens (tertiary/aromatic N) is 2. The molecule has 35 heavy (non-hydrogen) atoms. The molecule has 5 nitrogen and oxygen atoms in total. The van der Waals surface area contributed by atoms with Crippen LogP contribution in [0.4, 0.5) is 9.52 Å². The molecular formula is C28H26FN3O2S. The number of amides is 2. The molecule has 5 rings (SSSR count). The van der Waals surface area contributed by atoms with Gasteiger partial charge in [0.05, 0.1) is 5.69 Å². The topological polar surface area (TPSA) is 62.3 Å². The highest BCUT2D eigenvalue weighted by atomic mass is 32.1. The molecule has 2 amide bonds. The van der Waals surface area contributed by atoms with Gasteiger partial charge in [-0.3, -0.25) is 9.59 Å². The number of benzene rings is 3. The Hall–Kier alpha value is -3.58. The van der Waals surface area contributed by atoms with Gasteiger partial charge in [0.2, 0.25) is 5.91 Å². The highest BCUT2D eigenvalue weighted by molar-refractivity contribution is 7.15. The van der Waals surface area contributed by atoms with Crippen molar-refractivity contribution in [2.24, 2.45) is 5.92 Å². The Morgan fingerprint density at radius 1 is 1.03 bits per heavy atom. The molecule has 0 atom stereocenters.